The van der Waals surface area contributed by atoms with Crippen LogP contribution in [0, 0.1) is 6.92 Å². The van der Waals surface area contributed by atoms with E-state index in [4.69, 9.17) is 13.9 Å². The Hall–Kier alpha value is -3.39. The Bertz CT molecular complexity index is 1060. The number of para-hydroxylation sites is 2. The van der Waals surface area contributed by atoms with Crippen LogP contribution in [0.1, 0.15) is 11.5 Å². The van der Waals surface area contributed by atoms with Crippen molar-refractivity contribution in [3.63, 3.8) is 0 Å². The van der Waals surface area contributed by atoms with Crippen LogP contribution in [0.3, 0.4) is 0 Å². The van der Waals surface area contributed by atoms with Gasteiger partial charge in [-0.3, -0.25) is 9.69 Å². The van der Waals surface area contributed by atoms with Crippen LogP contribution >= 0.6 is 0 Å². The van der Waals surface area contributed by atoms with Crippen molar-refractivity contribution in [1.29, 1.82) is 0 Å². The molecule has 8 nitrogen and oxygen atoms in total. The number of ether oxygens (including phenoxy) is 2. The maximum Gasteiger partial charge on any atom is 0.267 e. The number of hydrogen-bond donors (Lipinski definition) is 0. The van der Waals surface area contributed by atoms with E-state index >= 15 is 0 Å². The summed E-state index contributed by atoms with van der Waals surface area (Å²) in [6.45, 7) is 5.56. The molecule has 1 fully saturated rings. The maximum atomic E-state index is 12.9. The molecular formula is C23H24N4O4. The van der Waals surface area contributed by atoms with Gasteiger partial charge in [-0.2, -0.15) is 0 Å². The molecule has 0 bridgehead atoms. The van der Waals surface area contributed by atoms with E-state index < -0.39 is 6.10 Å². The molecule has 0 spiro atoms. The smallest absolute Gasteiger partial charge is 0.267 e. The molecule has 0 N–H and O–H groups in total. The molecule has 3 aromatic rings. The van der Waals surface area contributed by atoms with Crippen molar-refractivity contribution in [3.8, 4) is 23.0 Å². The Labute approximate surface area is 180 Å². The molecule has 3 heterocycles. The quantitative estimate of drug-likeness (QED) is 0.642. The number of rotatable bonds is 4. The second kappa shape index (κ2) is 8.39. The standard InChI is InChI=1S/C23H24N4O4/c1-16-6-8-17(9-7-16)22-25-24-21(31-22)14-26-10-12-27(13-11-26)23(28)20-15-29-18-4-2-3-5-19(18)30-20/h2-9,20H,10-15H2,1H3. The molecule has 2 aliphatic heterocycles. The van der Waals surface area contributed by atoms with Crippen LogP contribution in [0.15, 0.2) is 52.9 Å². The van der Waals surface area contributed by atoms with E-state index in [0.717, 1.165) is 18.7 Å². The summed E-state index contributed by atoms with van der Waals surface area (Å²) in [5.74, 6) is 2.37. The molecule has 1 atom stereocenters. The lowest BCUT2D eigenvalue weighted by Crippen LogP contribution is -2.53. The van der Waals surface area contributed by atoms with Crippen LogP contribution in [-0.2, 0) is 11.3 Å². The molecular weight excluding hydrogens is 396 g/mol. The Kier molecular flexibility index (Phi) is 5.30. The third-order valence-corrected chi connectivity index (χ3v) is 5.59. The van der Waals surface area contributed by atoms with Gasteiger partial charge in [-0.1, -0.05) is 29.8 Å². The van der Waals surface area contributed by atoms with E-state index in [1.165, 1.54) is 5.56 Å². The average molecular weight is 420 g/mol. The molecule has 0 aliphatic carbocycles. The maximum absolute atomic E-state index is 12.9. The fourth-order valence-electron chi connectivity index (χ4n) is 3.79. The van der Waals surface area contributed by atoms with Gasteiger partial charge >= 0.3 is 0 Å². The molecule has 2 aliphatic rings. The third-order valence-electron chi connectivity index (χ3n) is 5.59. The number of carbonyl (C=O) groups is 1. The highest BCUT2D eigenvalue weighted by Gasteiger charge is 2.32. The fraction of sp³-hybridized carbons (Fsp3) is 0.348. The number of aromatic nitrogens is 2. The molecule has 5 rings (SSSR count). The topological polar surface area (TPSA) is 80.9 Å². The van der Waals surface area contributed by atoms with Gasteiger partial charge in [0.1, 0.15) is 6.61 Å². The normalized spacial score (nSPS) is 18.7. The number of hydrogen-bond acceptors (Lipinski definition) is 7. The lowest BCUT2D eigenvalue weighted by molar-refractivity contribution is -0.143. The van der Waals surface area contributed by atoms with Gasteiger partial charge in [0.25, 0.3) is 5.91 Å². The number of aryl methyl sites for hydroxylation is 1. The molecule has 0 saturated carbocycles. The van der Waals surface area contributed by atoms with E-state index in [1.54, 1.807) is 0 Å². The number of fused-ring (bicyclic) bond motifs is 1. The number of benzene rings is 2. The molecule has 1 saturated heterocycles. The molecule has 31 heavy (non-hydrogen) atoms. The van der Waals surface area contributed by atoms with Gasteiger partial charge in [0.05, 0.1) is 6.54 Å². The van der Waals surface area contributed by atoms with Gasteiger partial charge in [0.15, 0.2) is 11.5 Å². The van der Waals surface area contributed by atoms with Crippen LogP contribution in [0.2, 0.25) is 0 Å². The molecule has 160 valence electrons. The minimum absolute atomic E-state index is 0.0337. The molecule has 1 amide bonds. The predicted octanol–water partition coefficient (Wildman–Crippen LogP) is 2.53. The fourth-order valence-corrected chi connectivity index (χ4v) is 3.79. The van der Waals surface area contributed by atoms with Gasteiger partial charge in [-0.05, 0) is 31.2 Å². The third kappa shape index (κ3) is 4.25. The Morgan fingerprint density at radius 2 is 1.74 bits per heavy atom. The minimum atomic E-state index is -0.602. The summed E-state index contributed by atoms with van der Waals surface area (Å²) in [7, 11) is 0. The summed E-state index contributed by atoms with van der Waals surface area (Å²) >= 11 is 0. The summed E-state index contributed by atoms with van der Waals surface area (Å²) in [4.78, 5) is 16.9. The largest absolute Gasteiger partial charge is 0.485 e. The number of carbonyl (C=O) groups excluding carboxylic acids is 1. The second-order valence-electron chi connectivity index (χ2n) is 7.83. The zero-order valence-electron chi connectivity index (χ0n) is 17.4. The van der Waals surface area contributed by atoms with E-state index in [2.05, 4.69) is 15.1 Å². The first kappa shape index (κ1) is 19.6. The van der Waals surface area contributed by atoms with Crippen LogP contribution in [0.4, 0.5) is 0 Å². The van der Waals surface area contributed by atoms with E-state index in [1.807, 2.05) is 60.4 Å². The second-order valence-corrected chi connectivity index (χ2v) is 7.83. The summed E-state index contributed by atoms with van der Waals surface area (Å²) in [5.41, 5.74) is 2.10. The SMILES string of the molecule is Cc1ccc(-c2nnc(CN3CCN(C(=O)C4COc5ccccc5O4)CC3)o2)cc1. The van der Waals surface area contributed by atoms with Gasteiger partial charge < -0.3 is 18.8 Å². The van der Waals surface area contributed by atoms with Crippen molar-refractivity contribution < 1.29 is 18.7 Å². The first-order valence-corrected chi connectivity index (χ1v) is 10.4. The van der Waals surface area contributed by atoms with Crippen molar-refractivity contribution in [2.75, 3.05) is 32.8 Å². The Morgan fingerprint density at radius 1 is 1.00 bits per heavy atom. The summed E-state index contributed by atoms with van der Waals surface area (Å²) < 4.78 is 17.4. The average Bonchev–Trinajstić information content (AvgIpc) is 3.27. The Morgan fingerprint density at radius 3 is 2.52 bits per heavy atom. The van der Waals surface area contributed by atoms with Gasteiger partial charge in [-0.25, -0.2) is 0 Å². The van der Waals surface area contributed by atoms with Crippen molar-refractivity contribution in [2.24, 2.45) is 0 Å². The summed E-state index contributed by atoms with van der Waals surface area (Å²) in [6.07, 6.45) is -0.602. The molecule has 2 aromatic carbocycles. The van der Waals surface area contributed by atoms with Crippen molar-refractivity contribution >= 4 is 5.91 Å². The summed E-state index contributed by atoms with van der Waals surface area (Å²) in [6, 6.07) is 15.4. The van der Waals surface area contributed by atoms with Crippen molar-refractivity contribution in [2.45, 2.75) is 19.6 Å². The van der Waals surface area contributed by atoms with Crippen molar-refractivity contribution in [1.82, 2.24) is 20.0 Å². The Balaban J connectivity index is 1.14. The monoisotopic (exact) mass is 420 g/mol. The van der Waals surface area contributed by atoms with Crippen LogP contribution in [0.5, 0.6) is 11.5 Å². The summed E-state index contributed by atoms with van der Waals surface area (Å²) in [5, 5.41) is 8.35. The van der Waals surface area contributed by atoms with E-state index in [9.17, 15) is 4.79 Å². The number of amides is 1. The van der Waals surface area contributed by atoms with Gasteiger partial charge in [0, 0.05) is 31.7 Å². The number of nitrogens with zero attached hydrogens (tertiary/aromatic N) is 4. The highest BCUT2D eigenvalue weighted by molar-refractivity contribution is 5.82. The van der Waals surface area contributed by atoms with Gasteiger partial charge in [-0.15, -0.1) is 10.2 Å². The van der Waals surface area contributed by atoms with Crippen molar-refractivity contribution in [3.05, 3.63) is 60.0 Å². The molecule has 0 radical (unpaired) electrons. The predicted molar refractivity (Wildman–Crippen MR) is 113 cm³/mol. The highest BCUT2D eigenvalue weighted by atomic mass is 16.6. The first-order valence-electron chi connectivity index (χ1n) is 10.4. The molecule has 1 unspecified atom stereocenters. The minimum Gasteiger partial charge on any atom is -0.485 e. The van der Waals surface area contributed by atoms with Crippen LogP contribution < -0.4 is 9.47 Å². The van der Waals surface area contributed by atoms with E-state index in [-0.39, 0.29) is 12.5 Å². The van der Waals surface area contributed by atoms with Crippen LogP contribution in [0.25, 0.3) is 11.5 Å². The molecule has 1 aromatic heterocycles. The first-order chi connectivity index (χ1) is 15.2. The van der Waals surface area contributed by atoms with E-state index in [0.29, 0.717) is 42.9 Å². The lowest BCUT2D eigenvalue weighted by Gasteiger charge is -2.36. The zero-order valence-corrected chi connectivity index (χ0v) is 17.4. The van der Waals surface area contributed by atoms with Gasteiger partial charge in [0.2, 0.25) is 17.9 Å². The van der Waals surface area contributed by atoms with Crippen LogP contribution in [-0.4, -0.2) is 64.8 Å². The highest BCUT2D eigenvalue weighted by Crippen LogP contribution is 2.31. The lowest BCUT2D eigenvalue weighted by atomic mass is 10.1. The zero-order chi connectivity index (χ0) is 21.2. The number of piperazine rings is 1. The molecule has 8 heteroatoms.